The van der Waals surface area contributed by atoms with Crippen LogP contribution in [-0.4, -0.2) is 27.4 Å². The van der Waals surface area contributed by atoms with Crippen molar-refractivity contribution in [2.75, 3.05) is 0 Å². The number of aromatic hydroxyl groups is 2. The van der Waals surface area contributed by atoms with Crippen molar-refractivity contribution in [3.05, 3.63) is 16.5 Å². The molecule has 2 aliphatic carbocycles. The number of rotatable bonds is 1. The van der Waals surface area contributed by atoms with Gasteiger partial charge in [-0.05, 0) is 60.0 Å². The van der Waals surface area contributed by atoms with Crippen molar-refractivity contribution in [1.82, 2.24) is 0 Å². The van der Waals surface area contributed by atoms with Gasteiger partial charge in [0.15, 0.2) is 11.5 Å². The molecular weight excluding hydrogens is 359 g/mol. The number of hydrogen-bond acceptors (Lipinski definition) is 5. The van der Waals surface area contributed by atoms with E-state index in [0.29, 0.717) is 16.5 Å². The van der Waals surface area contributed by atoms with Crippen LogP contribution in [0.3, 0.4) is 0 Å². The largest absolute Gasteiger partial charge is 0.504 e. The van der Waals surface area contributed by atoms with Gasteiger partial charge in [-0.2, -0.15) is 0 Å². The van der Waals surface area contributed by atoms with Gasteiger partial charge in [-0.25, -0.2) is 0 Å². The summed E-state index contributed by atoms with van der Waals surface area (Å²) in [6.45, 7) is 9.37. The molecule has 0 aliphatic heterocycles. The highest BCUT2D eigenvalue weighted by atomic mass is 32.1. The zero-order valence-electron chi connectivity index (χ0n) is 16.5. The van der Waals surface area contributed by atoms with Gasteiger partial charge >= 0.3 is 7.12 Å². The van der Waals surface area contributed by atoms with Crippen LogP contribution in [0.5, 0.6) is 11.5 Å². The second kappa shape index (κ2) is 6.13. The molecule has 4 rings (SSSR count). The van der Waals surface area contributed by atoms with Crippen LogP contribution in [0.2, 0.25) is 0 Å². The van der Waals surface area contributed by atoms with Crippen molar-refractivity contribution in [2.45, 2.75) is 71.1 Å². The lowest BCUT2D eigenvalue weighted by Gasteiger charge is -2.51. The first-order valence-corrected chi connectivity index (χ1v) is 10.8. The lowest BCUT2D eigenvalue weighted by Crippen LogP contribution is -2.44. The summed E-state index contributed by atoms with van der Waals surface area (Å²) in [7, 11) is -1.82. The van der Waals surface area contributed by atoms with Gasteiger partial charge in [0.25, 0.3) is 0 Å². The Bertz CT molecular complexity index is 903. The topological polar surface area (TPSA) is 80.9 Å². The Hall–Kier alpha value is -1.24. The quantitative estimate of drug-likeness (QED) is 0.440. The van der Waals surface area contributed by atoms with Crippen LogP contribution in [0.25, 0.3) is 10.1 Å². The molecule has 4 nitrogen and oxygen atoms in total. The van der Waals surface area contributed by atoms with E-state index < -0.39 is 12.9 Å². The van der Waals surface area contributed by atoms with E-state index in [0.717, 1.165) is 18.2 Å². The van der Waals surface area contributed by atoms with Gasteiger partial charge in [0.05, 0.1) is 0 Å². The van der Waals surface area contributed by atoms with Gasteiger partial charge in [0, 0.05) is 20.4 Å². The van der Waals surface area contributed by atoms with E-state index in [-0.39, 0.29) is 22.0 Å². The predicted molar refractivity (Wildman–Crippen MR) is 111 cm³/mol. The smallest absolute Gasteiger partial charge is 0.493 e. The molecule has 3 unspecified atom stereocenters. The average molecular weight is 388 g/mol. The Balaban J connectivity index is 2.08. The maximum atomic E-state index is 10.3. The molecule has 0 bridgehead atoms. The van der Waals surface area contributed by atoms with E-state index in [2.05, 4.69) is 27.7 Å². The van der Waals surface area contributed by atoms with Crippen LogP contribution in [0, 0.1) is 11.3 Å². The fraction of sp³-hybridized carbons (Fsp3) is 0.619. The van der Waals surface area contributed by atoms with Crippen LogP contribution in [0.4, 0.5) is 0 Å². The van der Waals surface area contributed by atoms with Crippen LogP contribution >= 0.6 is 11.3 Å². The summed E-state index contributed by atoms with van der Waals surface area (Å²) >= 11 is 1.56. The molecule has 27 heavy (non-hydrogen) atoms. The lowest BCUT2D eigenvalue weighted by molar-refractivity contribution is 0.0505. The molecule has 1 aromatic carbocycles. The molecule has 0 saturated heterocycles. The summed E-state index contributed by atoms with van der Waals surface area (Å²) < 4.78 is 0.697. The molecule has 3 atom stereocenters. The molecular formula is C21H29BO4S. The van der Waals surface area contributed by atoms with Gasteiger partial charge in [-0.15, -0.1) is 11.3 Å². The minimum absolute atomic E-state index is 0.0127. The van der Waals surface area contributed by atoms with Crippen LogP contribution in [0.1, 0.15) is 76.2 Å². The Morgan fingerprint density at radius 1 is 1.11 bits per heavy atom. The Morgan fingerprint density at radius 3 is 2.48 bits per heavy atom. The molecule has 0 amide bonds. The van der Waals surface area contributed by atoms with E-state index in [1.54, 1.807) is 17.4 Å². The minimum Gasteiger partial charge on any atom is -0.504 e. The predicted octanol–water partition coefficient (Wildman–Crippen LogP) is 3.97. The fourth-order valence-electron chi connectivity index (χ4n) is 6.10. The van der Waals surface area contributed by atoms with Gasteiger partial charge in [-0.1, -0.05) is 34.1 Å². The van der Waals surface area contributed by atoms with E-state index in [4.69, 9.17) is 0 Å². The molecule has 1 fully saturated rings. The van der Waals surface area contributed by atoms with Crippen molar-refractivity contribution in [2.24, 2.45) is 11.3 Å². The fourth-order valence-corrected chi connectivity index (χ4v) is 7.67. The second-order valence-corrected chi connectivity index (χ2v) is 10.6. The highest BCUT2D eigenvalue weighted by molar-refractivity contribution is 7.21. The van der Waals surface area contributed by atoms with Crippen molar-refractivity contribution in [3.63, 3.8) is 0 Å². The maximum Gasteiger partial charge on any atom is 0.493 e. The molecule has 0 radical (unpaired) electrons. The third-order valence-corrected chi connectivity index (χ3v) is 8.86. The van der Waals surface area contributed by atoms with E-state index >= 15 is 0 Å². The summed E-state index contributed by atoms with van der Waals surface area (Å²) in [5.74, 6) is 0.216. The van der Waals surface area contributed by atoms with Crippen molar-refractivity contribution >= 4 is 34.0 Å². The molecule has 1 aromatic heterocycles. The highest BCUT2D eigenvalue weighted by Gasteiger charge is 2.51. The summed E-state index contributed by atoms with van der Waals surface area (Å²) in [4.78, 5) is 1.28. The second-order valence-electron chi connectivity index (χ2n) is 9.54. The van der Waals surface area contributed by atoms with Gasteiger partial charge < -0.3 is 20.3 Å². The van der Waals surface area contributed by atoms with Crippen LogP contribution < -0.4 is 5.46 Å². The van der Waals surface area contributed by atoms with Crippen molar-refractivity contribution in [3.8, 4) is 11.5 Å². The Morgan fingerprint density at radius 2 is 1.81 bits per heavy atom. The molecule has 2 aliphatic rings. The lowest BCUT2D eigenvalue weighted by atomic mass is 9.53. The first-order valence-electron chi connectivity index (χ1n) is 9.95. The first-order chi connectivity index (χ1) is 12.6. The normalized spacial score (nSPS) is 29.9. The van der Waals surface area contributed by atoms with Crippen LogP contribution in [-0.2, 0) is 5.41 Å². The molecule has 1 saturated carbocycles. The van der Waals surface area contributed by atoms with E-state index in [1.165, 1.54) is 29.7 Å². The number of thiophene rings is 1. The number of phenolic OH excluding ortho intramolecular Hbond substituents is 2. The van der Waals surface area contributed by atoms with Crippen LogP contribution in [0.15, 0.2) is 6.07 Å². The zero-order chi connectivity index (χ0) is 19.7. The monoisotopic (exact) mass is 388 g/mol. The summed E-state index contributed by atoms with van der Waals surface area (Å²) in [6.07, 6.45) is 5.80. The summed E-state index contributed by atoms with van der Waals surface area (Å²) in [5.41, 5.74) is 1.54. The van der Waals surface area contributed by atoms with E-state index in [1.807, 2.05) is 0 Å². The molecule has 6 heteroatoms. The van der Waals surface area contributed by atoms with E-state index in [9.17, 15) is 20.3 Å². The molecule has 146 valence electrons. The number of fused-ring (bicyclic) bond motifs is 5. The molecule has 4 N–H and O–H groups in total. The minimum atomic E-state index is -1.82. The third-order valence-electron chi connectivity index (χ3n) is 7.39. The highest BCUT2D eigenvalue weighted by Crippen LogP contribution is 2.60. The summed E-state index contributed by atoms with van der Waals surface area (Å²) in [5, 5.41) is 41.2. The zero-order valence-corrected chi connectivity index (χ0v) is 17.4. The third kappa shape index (κ3) is 2.64. The summed E-state index contributed by atoms with van der Waals surface area (Å²) in [6, 6.07) is 1.63. The van der Waals surface area contributed by atoms with Gasteiger partial charge in [0.2, 0.25) is 0 Å². The average Bonchev–Trinajstić information content (AvgIpc) is 2.88. The SMILES string of the molecule is CC1CCC2C(C)(C)CCCC2(C)c2c1sc1c(B(O)O)c(O)c(O)cc21. The maximum absolute atomic E-state index is 10.3. The number of benzene rings is 1. The van der Waals surface area contributed by atoms with Crippen molar-refractivity contribution < 1.29 is 20.3 Å². The number of phenols is 2. The number of hydrogen-bond donors (Lipinski definition) is 4. The van der Waals surface area contributed by atoms with Gasteiger partial charge in [0.1, 0.15) is 0 Å². The standard InChI is InChI=1S/C21H29BO4S/c1-11-6-7-14-20(2,3)8-5-9-21(14,4)15-12-10-13(23)17(24)16(22(25)26)19(12)27-18(11)15/h10-11,14,23-26H,5-9H2,1-4H3. The molecule has 1 heterocycles. The van der Waals surface area contributed by atoms with Gasteiger partial charge in [-0.3, -0.25) is 0 Å². The Labute approximate surface area is 165 Å². The molecule has 0 spiro atoms. The van der Waals surface area contributed by atoms with Crippen molar-refractivity contribution in [1.29, 1.82) is 0 Å². The first kappa shape index (κ1) is 19.1. The Kier molecular flexibility index (Phi) is 4.34. The molecule has 2 aromatic rings.